The van der Waals surface area contributed by atoms with Crippen LogP contribution in [0.25, 0.3) is 0 Å². The smallest absolute Gasteiger partial charge is 0.253 e. The molecule has 2 amide bonds. The first kappa shape index (κ1) is 19.9. The lowest BCUT2D eigenvalue weighted by Gasteiger charge is -2.21. The maximum atomic E-state index is 12.8. The first-order valence-corrected chi connectivity index (χ1v) is 9.80. The summed E-state index contributed by atoms with van der Waals surface area (Å²) >= 11 is 0. The number of rotatable bonds is 8. The van der Waals surface area contributed by atoms with Crippen LogP contribution in [0.15, 0.2) is 48.5 Å². The largest absolute Gasteiger partial charge is 0.497 e. The molecule has 0 aromatic heterocycles. The van der Waals surface area contributed by atoms with E-state index in [-0.39, 0.29) is 23.8 Å². The molecule has 0 heterocycles. The summed E-state index contributed by atoms with van der Waals surface area (Å²) < 4.78 is 5.18. The Morgan fingerprint density at radius 3 is 2.46 bits per heavy atom. The number of amides is 2. The number of aryl methyl sites for hydroxylation is 1. The van der Waals surface area contributed by atoms with Crippen LogP contribution in [-0.2, 0) is 11.2 Å². The summed E-state index contributed by atoms with van der Waals surface area (Å²) in [6.45, 7) is 2.00. The molecule has 3 rings (SSSR count). The summed E-state index contributed by atoms with van der Waals surface area (Å²) in [5, 5.41) is 3.07. The minimum atomic E-state index is -0.145. The van der Waals surface area contributed by atoms with Crippen LogP contribution >= 0.6 is 0 Å². The molecule has 1 fully saturated rings. The zero-order chi connectivity index (χ0) is 20.1. The monoisotopic (exact) mass is 380 g/mol. The summed E-state index contributed by atoms with van der Waals surface area (Å²) in [5.41, 5.74) is 2.41. The second-order valence-corrected chi connectivity index (χ2v) is 7.45. The van der Waals surface area contributed by atoms with Gasteiger partial charge in [-0.25, -0.2) is 0 Å². The highest BCUT2D eigenvalue weighted by atomic mass is 16.5. The number of hydrogen-bond acceptors (Lipinski definition) is 3. The second-order valence-electron chi connectivity index (χ2n) is 7.45. The van der Waals surface area contributed by atoms with Gasteiger partial charge in [0.25, 0.3) is 5.91 Å². The summed E-state index contributed by atoms with van der Waals surface area (Å²) in [6, 6.07) is 15.3. The molecular weight excluding hydrogens is 352 g/mol. The van der Waals surface area contributed by atoms with Crippen LogP contribution in [0, 0.1) is 5.92 Å². The fraction of sp³-hybridized carbons (Fsp3) is 0.391. The van der Waals surface area contributed by atoms with Gasteiger partial charge in [-0.15, -0.1) is 0 Å². The van der Waals surface area contributed by atoms with Crippen molar-refractivity contribution in [3.63, 3.8) is 0 Å². The van der Waals surface area contributed by atoms with Crippen LogP contribution in [0.2, 0.25) is 0 Å². The number of para-hydroxylation sites is 1. The molecule has 0 spiro atoms. The van der Waals surface area contributed by atoms with Gasteiger partial charge >= 0.3 is 0 Å². The maximum absolute atomic E-state index is 12.8. The molecule has 0 saturated heterocycles. The molecule has 0 radical (unpaired) electrons. The van der Waals surface area contributed by atoms with Gasteiger partial charge in [-0.2, -0.15) is 0 Å². The van der Waals surface area contributed by atoms with Crippen molar-refractivity contribution in [2.45, 2.75) is 38.6 Å². The molecule has 1 atom stereocenters. The van der Waals surface area contributed by atoms with Crippen LogP contribution in [0.5, 0.6) is 5.75 Å². The second kappa shape index (κ2) is 8.91. The van der Waals surface area contributed by atoms with E-state index in [4.69, 9.17) is 4.74 Å². The number of nitrogens with one attached hydrogen (secondary N) is 1. The quantitative estimate of drug-likeness (QED) is 0.757. The number of benzene rings is 2. The number of carbonyl (C=O) groups excluding carboxylic acids is 2. The lowest BCUT2D eigenvalue weighted by Crippen LogP contribution is -2.35. The molecule has 148 valence electrons. The van der Waals surface area contributed by atoms with Gasteiger partial charge in [0.05, 0.1) is 18.4 Å². The highest BCUT2D eigenvalue weighted by Crippen LogP contribution is 2.33. The van der Waals surface area contributed by atoms with Gasteiger partial charge in [0.15, 0.2) is 0 Å². The molecule has 1 unspecified atom stereocenters. The highest BCUT2D eigenvalue weighted by molar-refractivity contribution is 6.05. The number of hydrogen-bond donors (Lipinski definition) is 1. The fourth-order valence-electron chi connectivity index (χ4n) is 3.23. The van der Waals surface area contributed by atoms with Gasteiger partial charge in [-0.1, -0.05) is 24.3 Å². The van der Waals surface area contributed by atoms with Crippen molar-refractivity contribution in [1.29, 1.82) is 0 Å². The van der Waals surface area contributed by atoms with E-state index in [1.165, 1.54) is 5.56 Å². The highest BCUT2D eigenvalue weighted by Gasteiger charge is 2.33. The van der Waals surface area contributed by atoms with Gasteiger partial charge in [0, 0.05) is 19.0 Å². The molecule has 1 aliphatic rings. The predicted octanol–water partition coefficient (Wildman–Crippen LogP) is 3.82. The number of anilines is 1. The molecule has 0 bridgehead atoms. The third kappa shape index (κ3) is 4.91. The van der Waals surface area contributed by atoms with E-state index in [1.807, 2.05) is 49.4 Å². The van der Waals surface area contributed by atoms with Crippen LogP contribution < -0.4 is 15.0 Å². The van der Waals surface area contributed by atoms with Crippen LogP contribution in [0.3, 0.4) is 0 Å². The first-order chi connectivity index (χ1) is 13.5. The molecule has 5 nitrogen and oxygen atoms in total. The van der Waals surface area contributed by atoms with Crippen molar-refractivity contribution >= 4 is 17.5 Å². The van der Waals surface area contributed by atoms with Crippen LogP contribution in [-0.4, -0.2) is 32.0 Å². The summed E-state index contributed by atoms with van der Waals surface area (Å²) in [5.74, 6) is 0.900. The Morgan fingerprint density at radius 1 is 1.14 bits per heavy atom. The topological polar surface area (TPSA) is 58.6 Å². The molecule has 0 aliphatic heterocycles. The van der Waals surface area contributed by atoms with E-state index in [0.29, 0.717) is 11.3 Å². The zero-order valence-corrected chi connectivity index (χ0v) is 16.8. The Morgan fingerprint density at radius 2 is 1.82 bits per heavy atom. The van der Waals surface area contributed by atoms with Gasteiger partial charge in [0.1, 0.15) is 5.75 Å². The van der Waals surface area contributed by atoms with E-state index in [2.05, 4.69) is 5.32 Å². The van der Waals surface area contributed by atoms with E-state index in [1.54, 1.807) is 25.1 Å². The lowest BCUT2D eigenvalue weighted by atomic mass is 10.1. The SMILES string of the molecule is COc1ccc(CCC(C)NC(=O)c2ccccc2N(C)C(=O)C2CC2)cc1. The normalized spacial score (nSPS) is 14.2. The number of ether oxygens (including phenoxy) is 1. The third-order valence-corrected chi connectivity index (χ3v) is 5.17. The number of methoxy groups -OCH3 is 1. The Hall–Kier alpha value is -2.82. The van der Waals surface area contributed by atoms with Gasteiger partial charge < -0.3 is 15.0 Å². The van der Waals surface area contributed by atoms with Gasteiger partial charge in [0.2, 0.25) is 5.91 Å². The maximum Gasteiger partial charge on any atom is 0.253 e. The summed E-state index contributed by atoms with van der Waals surface area (Å²) in [4.78, 5) is 26.8. The van der Waals surface area contributed by atoms with Crippen molar-refractivity contribution in [3.8, 4) is 5.75 Å². The molecule has 28 heavy (non-hydrogen) atoms. The van der Waals surface area contributed by atoms with Crippen molar-refractivity contribution in [2.75, 3.05) is 19.1 Å². The minimum Gasteiger partial charge on any atom is -0.497 e. The Bertz CT molecular complexity index is 828. The number of carbonyl (C=O) groups is 2. The van der Waals surface area contributed by atoms with Crippen molar-refractivity contribution in [2.24, 2.45) is 5.92 Å². The molecule has 2 aromatic carbocycles. The Kier molecular flexibility index (Phi) is 6.34. The van der Waals surface area contributed by atoms with Gasteiger partial charge in [-0.3, -0.25) is 9.59 Å². The Labute approximate surface area is 166 Å². The zero-order valence-electron chi connectivity index (χ0n) is 16.8. The molecule has 1 aliphatic carbocycles. The van der Waals surface area contributed by atoms with Crippen molar-refractivity contribution in [3.05, 3.63) is 59.7 Å². The average molecular weight is 380 g/mol. The molecular formula is C23H28N2O3. The molecule has 2 aromatic rings. The van der Waals surface area contributed by atoms with E-state index >= 15 is 0 Å². The fourth-order valence-corrected chi connectivity index (χ4v) is 3.23. The first-order valence-electron chi connectivity index (χ1n) is 9.80. The summed E-state index contributed by atoms with van der Waals surface area (Å²) in [7, 11) is 3.40. The standard InChI is InChI=1S/C23H28N2O3/c1-16(8-9-17-10-14-19(28-3)15-11-17)24-22(26)20-6-4-5-7-21(20)25(2)23(27)18-12-13-18/h4-7,10-11,14-16,18H,8-9,12-13H2,1-3H3,(H,24,26). The van der Waals surface area contributed by atoms with Crippen molar-refractivity contribution in [1.82, 2.24) is 5.32 Å². The average Bonchev–Trinajstić information content (AvgIpc) is 3.57. The predicted molar refractivity (Wildman–Crippen MR) is 111 cm³/mol. The third-order valence-electron chi connectivity index (χ3n) is 5.17. The van der Waals surface area contributed by atoms with E-state index < -0.39 is 0 Å². The summed E-state index contributed by atoms with van der Waals surface area (Å²) in [6.07, 6.45) is 3.59. The molecule has 1 N–H and O–H groups in total. The Balaban J connectivity index is 1.59. The minimum absolute atomic E-state index is 0.0205. The van der Waals surface area contributed by atoms with Crippen molar-refractivity contribution < 1.29 is 14.3 Å². The van der Waals surface area contributed by atoms with E-state index in [0.717, 1.165) is 31.4 Å². The van der Waals surface area contributed by atoms with Crippen LogP contribution in [0.4, 0.5) is 5.69 Å². The molecule has 1 saturated carbocycles. The number of nitrogens with zero attached hydrogens (tertiary/aromatic N) is 1. The van der Waals surface area contributed by atoms with E-state index in [9.17, 15) is 9.59 Å². The lowest BCUT2D eigenvalue weighted by molar-refractivity contribution is -0.119. The van der Waals surface area contributed by atoms with Gasteiger partial charge in [-0.05, 0) is 62.4 Å². The van der Waals surface area contributed by atoms with Crippen LogP contribution in [0.1, 0.15) is 42.1 Å². The molecule has 5 heteroatoms.